The van der Waals surface area contributed by atoms with E-state index in [1.165, 1.54) is 5.56 Å². The first kappa shape index (κ1) is 14.9. The number of aryl methyl sites for hydroxylation is 1. The summed E-state index contributed by atoms with van der Waals surface area (Å²) in [7, 11) is 0. The van der Waals surface area contributed by atoms with E-state index in [1.54, 1.807) is 18.3 Å². The van der Waals surface area contributed by atoms with E-state index in [0.717, 1.165) is 18.5 Å². The van der Waals surface area contributed by atoms with Gasteiger partial charge in [0.05, 0.1) is 5.02 Å². The molecule has 1 saturated heterocycles. The number of anilines is 1. The quantitative estimate of drug-likeness (QED) is 0.942. The summed E-state index contributed by atoms with van der Waals surface area (Å²) in [6, 6.07) is 11.6. The summed E-state index contributed by atoms with van der Waals surface area (Å²) in [5, 5.41) is 3.68. The smallest absolute Gasteiger partial charge is 0.245 e. The number of rotatable bonds is 4. The van der Waals surface area contributed by atoms with Crippen molar-refractivity contribution in [2.45, 2.75) is 25.9 Å². The predicted molar refractivity (Wildman–Crippen MR) is 87.9 cm³/mol. The zero-order chi connectivity index (χ0) is 15.5. The third kappa shape index (κ3) is 3.22. The second-order valence-electron chi connectivity index (χ2n) is 5.56. The molecule has 1 aromatic carbocycles. The molecule has 1 amide bonds. The van der Waals surface area contributed by atoms with Crippen LogP contribution in [0.2, 0.25) is 5.02 Å². The monoisotopic (exact) mass is 315 g/mol. The average molecular weight is 316 g/mol. The summed E-state index contributed by atoms with van der Waals surface area (Å²) in [4.78, 5) is 18.5. The summed E-state index contributed by atoms with van der Waals surface area (Å²) in [6.45, 7) is 3.45. The fourth-order valence-electron chi connectivity index (χ4n) is 2.60. The van der Waals surface area contributed by atoms with E-state index in [0.29, 0.717) is 17.4 Å². The number of likely N-dealkylation sites (tertiary alicyclic amines) is 1. The third-order valence-corrected chi connectivity index (χ3v) is 4.17. The molecule has 22 heavy (non-hydrogen) atoms. The minimum absolute atomic E-state index is 0.0993. The Bertz CT molecular complexity index is 672. The fourth-order valence-corrected chi connectivity index (χ4v) is 2.78. The Morgan fingerprint density at radius 3 is 2.82 bits per heavy atom. The number of nitrogens with zero attached hydrogens (tertiary/aromatic N) is 2. The van der Waals surface area contributed by atoms with Crippen LogP contribution in [-0.4, -0.2) is 28.4 Å². The molecule has 2 heterocycles. The first-order valence-corrected chi connectivity index (χ1v) is 7.72. The fraction of sp³-hybridized carbons (Fsp3) is 0.294. The van der Waals surface area contributed by atoms with E-state index < -0.39 is 0 Å². The lowest BCUT2D eigenvalue weighted by Crippen LogP contribution is -2.33. The van der Waals surface area contributed by atoms with Crippen molar-refractivity contribution < 1.29 is 4.79 Å². The molecule has 1 aliphatic heterocycles. The molecule has 1 atom stereocenters. The molecule has 1 aromatic heterocycles. The number of hydrogen-bond acceptors (Lipinski definition) is 3. The number of amides is 1. The van der Waals surface area contributed by atoms with Gasteiger partial charge in [-0.25, -0.2) is 4.98 Å². The Kier molecular flexibility index (Phi) is 4.29. The van der Waals surface area contributed by atoms with Crippen molar-refractivity contribution in [3.8, 4) is 0 Å². The molecule has 0 aliphatic carbocycles. The molecule has 0 saturated carbocycles. The number of carbonyl (C=O) groups excluding carboxylic acids is 1. The van der Waals surface area contributed by atoms with E-state index >= 15 is 0 Å². The van der Waals surface area contributed by atoms with Gasteiger partial charge in [0.1, 0.15) is 11.9 Å². The predicted octanol–water partition coefficient (Wildman–Crippen LogP) is 3.26. The summed E-state index contributed by atoms with van der Waals surface area (Å²) < 4.78 is 0. The standard InChI is InChI=1S/C17H18ClN3O/c1-12-4-6-13(7-5-12)11-21-10-8-15(17(21)22)20-16-14(18)3-2-9-19-16/h2-7,9,15H,8,10-11H2,1H3,(H,19,20). The van der Waals surface area contributed by atoms with Crippen LogP contribution in [-0.2, 0) is 11.3 Å². The lowest BCUT2D eigenvalue weighted by Gasteiger charge is -2.18. The summed E-state index contributed by atoms with van der Waals surface area (Å²) in [5.74, 6) is 0.669. The van der Waals surface area contributed by atoms with Crippen LogP contribution in [0.25, 0.3) is 0 Å². The van der Waals surface area contributed by atoms with Crippen molar-refractivity contribution in [1.29, 1.82) is 0 Å². The topological polar surface area (TPSA) is 45.2 Å². The molecule has 114 valence electrons. The minimum atomic E-state index is -0.252. The molecule has 1 unspecified atom stereocenters. The van der Waals surface area contributed by atoms with Crippen molar-refractivity contribution in [1.82, 2.24) is 9.88 Å². The lowest BCUT2D eigenvalue weighted by molar-refractivity contribution is -0.128. The summed E-state index contributed by atoms with van der Waals surface area (Å²) >= 11 is 6.08. The van der Waals surface area contributed by atoms with Crippen LogP contribution in [0.4, 0.5) is 5.82 Å². The number of carbonyl (C=O) groups is 1. The normalized spacial score (nSPS) is 17.8. The van der Waals surface area contributed by atoms with Crippen LogP contribution in [0.15, 0.2) is 42.6 Å². The van der Waals surface area contributed by atoms with Crippen molar-refractivity contribution >= 4 is 23.3 Å². The van der Waals surface area contributed by atoms with Crippen LogP contribution in [0, 0.1) is 6.92 Å². The molecule has 4 nitrogen and oxygen atoms in total. The Labute approximate surface area is 135 Å². The average Bonchev–Trinajstić information content (AvgIpc) is 2.85. The largest absolute Gasteiger partial charge is 0.357 e. The van der Waals surface area contributed by atoms with E-state index in [2.05, 4.69) is 41.5 Å². The van der Waals surface area contributed by atoms with Gasteiger partial charge in [-0.2, -0.15) is 0 Å². The number of pyridine rings is 1. The molecule has 0 radical (unpaired) electrons. The number of nitrogens with one attached hydrogen (secondary N) is 1. The van der Waals surface area contributed by atoms with Gasteiger partial charge in [0.2, 0.25) is 5.91 Å². The SMILES string of the molecule is Cc1ccc(CN2CCC(Nc3ncccc3Cl)C2=O)cc1. The maximum absolute atomic E-state index is 12.5. The first-order chi connectivity index (χ1) is 10.6. The first-order valence-electron chi connectivity index (χ1n) is 7.35. The van der Waals surface area contributed by atoms with E-state index in [-0.39, 0.29) is 11.9 Å². The second-order valence-corrected chi connectivity index (χ2v) is 5.97. The van der Waals surface area contributed by atoms with Gasteiger partial charge < -0.3 is 10.2 Å². The van der Waals surface area contributed by atoms with E-state index in [1.807, 2.05) is 4.90 Å². The summed E-state index contributed by atoms with van der Waals surface area (Å²) in [6.07, 6.45) is 2.43. The summed E-state index contributed by atoms with van der Waals surface area (Å²) in [5.41, 5.74) is 2.37. The van der Waals surface area contributed by atoms with Gasteiger partial charge in [0.15, 0.2) is 0 Å². The molecule has 1 aliphatic rings. The third-order valence-electron chi connectivity index (χ3n) is 3.86. The van der Waals surface area contributed by atoms with Gasteiger partial charge in [-0.1, -0.05) is 41.4 Å². The van der Waals surface area contributed by atoms with Gasteiger partial charge in [0, 0.05) is 19.3 Å². The molecular formula is C17H18ClN3O. The number of aromatic nitrogens is 1. The molecule has 1 N–H and O–H groups in total. The molecule has 2 aromatic rings. The highest BCUT2D eigenvalue weighted by atomic mass is 35.5. The van der Waals surface area contributed by atoms with Crippen LogP contribution in [0.3, 0.4) is 0 Å². The molecule has 5 heteroatoms. The molecule has 1 fully saturated rings. The van der Waals surface area contributed by atoms with Gasteiger partial charge in [-0.15, -0.1) is 0 Å². The highest BCUT2D eigenvalue weighted by Crippen LogP contribution is 2.23. The van der Waals surface area contributed by atoms with Gasteiger partial charge in [-0.3, -0.25) is 4.79 Å². The van der Waals surface area contributed by atoms with Crippen molar-refractivity contribution in [2.24, 2.45) is 0 Å². The Balaban J connectivity index is 1.65. The van der Waals surface area contributed by atoms with Crippen LogP contribution in [0.5, 0.6) is 0 Å². The van der Waals surface area contributed by atoms with Crippen LogP contribution in [0.1, 0.15) is 17.5 Å². The van der Waals surface area contributed by atoms with Gasteiger partial charge in [-0.05, 0) is 31.0 Å². The maximum atomic E-state index is 12.5. The van der Waals surface area contributed by atoms with Gasteiger partial charge >= 0.3 is 0 Å². The Hall–Kier alpha value is -2.07. The number of halogens is 1. The van der Waals surface area contributed by atoms with Crippen LogP contribution >= 0.6 is 11.6 Å². The minimum Gasteiger partial charge on any atom is -0.357 e. The van der Waals surface area contributed by atoms with E-state index in [4.69, 9.17) is 11.6 Å². The Morgan fingerprint density at radius 1 is 1.32 bits per heavy atom. The number of hydrogen-bond donors (Lipinski definition) is 1. The van der Waals surface area contributed by atoms with Crippen LogP contribution < -0.4 is 5.32 Å². The molecule has 0 spiro atoms. The second kappa shape index (κ2) is 6.36. The van der Waals surface area contributed by atoms with Crippen molar-refractivity contribution in [3.05, 3.63) is 58.7 Å². The number of benzene rings is 1. The van der Waals surface area contributed by atoms with Gasteiger partial charge in [0.25, 0.3) is 0 Å². The molecule has 3 rings (SSSR count). The van der Waals surface area contributed by atoms with E-state index in [9.17, 15) is 4.79 Å². The lowest BCUT2D eigenvalue weighted by atomic mass is 10.1. The Morgan fingerprint density at radius 2 is 2.09 bits per heavy atom. The maximum Gasteiger partial charge on any atom is 0.245 e. The highest BCUT2D eigenvalue weighted by molar-refractivity contribution is 6.32. The molecule has 0 bridgehead atoms. The molecular weight excluding hydrogens is 298 g/mol. The zero-order valence-electron chi connectivity index (χ0n) is 12.4. The highest BCUT2D eigenvalue weighted by Gasteiger charge is 2.31. The zero-order valence-corrected chi connectivity index (χ0v) is 13.2. The van der Waals surface area contributed by atoms with Crippen molar-refractivity contribution in [2.75, 3.05) is 11.9 Å². The van der Waals surface area contributed by atoms with Crippen molar-refractivity contribution in [3.63, 3.8) is 0 Å².